The Morgan fingerprint density at radius 2 is 2.00 bits per heavy atom. The van der Waals surface area contributed by atoms with Crippen molar-refractivity contribution in [2.75, 3.05) is 6.61 Å². The molecule has 0 unspecified atom stereocenters. The van der Waals surface area contributed by atoms with Crippen molar-refractivity contribution in [3.8, 4) is 5.75 Å². The molecule has 0 bridgehead atoms. The quantitative estimate of drug-likeness (QED) is 0.382. The monoisotopic (exact) mass is 391 g/mol. The molecule has 1 heterocycles. The number of hydrogen-bond donors (Lipinski definition) is 1. The third-order valence-electron chi connectivity index (χ3n) is 4.77. The van der Waals surface area contributed by atoms with Crippen molar-refractivity contribution in [1.82, 2.24) is 14.9 Å². The van der Waals surface area contributed by atoms with Crippen LogP contribution in [0.15, 0.2) is 61.2 Å². The highest BCUT2D eigenvalue weighted by molar-refractivity contribution is 5.77. The van der Waals surface area contributed by atoms with E-state index in [4.69, 9.17) is 9.72 Å². The van der Waals surface area contributed by atoms with Gasteiger partial charge in [-0.05, 0) is 43.0 Å². The van der Waals surface area contributed by atoms with E-state index < -0.39 is 0 Å². The molecule has 3 aromatic rings. The molecule has 0 fully saturated rings. The van der Waals surface area contributed by atoms with Crippen LogP contribution in [0.1, 0.15) is 37.6 Å². The lowest BCUT2D eigenvalue weighted by Crippen LogP contribution is -2.24. The van der Waals surface area contributed by atoms with Gasteiger partial charge < -0.3 is 14.6 Å². The second-order valence-electron chi connectivity index (χ2n) is 7.00. The van der Waals surface area contributed by atoms with Crippen LogP contribution in [0.3, 0.4) is 0 Å². The highest BCUT2D eigenvalue weighted by Crippen LogP contribution is 2.20. The van der Waals surface area contributed by atoms with Crippen LogP contribution in [0, 0.1) is 0 Å². The number of imidazole rings is 1. The molecule has 0 radical (unpaired) electrons. The third kappa shape index (κ3) is 5.47. The molecule has 29 heavy (non-hydrogen) atoms. The SMILES string of the molecule is C=CCc1ccccc1OCCCn1c(CNC(=O)CCC)nc2ccccc21. The average molecular weight is 392 g/mol. The Morgan fingerprint density at radius 3 is 2.83 bits per heavy atom. The predicted octanol–water partition coefficient (Wildman–Crippen LogP) is 4.65. The number of nitrogens with one attached hydrogen (secondary N) is 1. The maximum absolute atomic E-state index is 11.9. The van der Waals surface area contributed by atoms with Gasteiger partial charge in [-0.15, -0.1) is 6.58 Å². The first-order valence-corrected chi connectivity index (χ1v) is 10.3. The van der Waals surface area contributed by atoms with Crippen LogP contribution in [0.4, 0.5) is 0 Å². The molecule has 0 saturated carbocycles. The summed E-state index contributed by atoms with van der Waals surface area (Å²) < 4.78 is 8.20. The fourth-order valence-electron chi connectivity index (χ4n) is 3.38. The molecule has 0 aliphatic rings. The number of carbonyl (C=O) groups is 1. The van der Waals surface area contributed by atoms with Crippen molar-refractivity contribution in [2.24, 2.45) is 0 Å². The van der Waals surface area contributed by atoms with E-state index in [1.54, 1.807) is 0 Å². The average Bonchev–Trinajstić information content (AvgIpc) is 3.09. The highest BCUT2D eigenvalue weighted by Gasteiger charge is 2.11. The van der Waals surface area contributed by atoms with Crippen molar-refractivity contribution >= 4 is 16.9 Å². The summed E-state index contributed by atoms with van der Waals surface area (Å²) in [5, 5.41) is 2.98. The normalized spacial score (nSPS) is 10.8. The Labute approximate surface area is 172 Å². The first kappa shape index (κ1) is 20.6. The molecule has 1 aromatic heterocycles. The summed E-state index contributed by atoms with van der Waals surface area (Å²) in [6.45, 7) is 7.65. The fraction of sp³-hybridized carbons (Fsp3) is 0.333. The van der Waals surface area contributed by atoms with Crippen LogP contribution in [0.2, 0.25) is 0 Å². The van der Waals surface area contributed by atoms with Gasteiger partial charge in [-0.3, -0.25) is 4.79 Å². The van der Waals surface area contributed by atoms with Crippen LogP contribution in [0.5, 0.6) is 5.75 Å². The summed E-state index contributed by atoms with van der Waals surface area (Å²) in [6, 6.07) is 16.1. The van der Waals surface area contributed by atoms with Gasteiger partial charge >= 0.3 is 0 Å². The minimum absolute atomic E-state index is 0.0632. The van der Waals surface area contributed by atoms with E-state index >= 15 is 0 Å². The van der Waals surface area contributed by atoms with Gasteiger partial charge in [0.1, 0.15) is 11.6 Å². The molecule has 1 N–H and O–H groups in total. The minimum atomic E-state index is 0.0632. The van der Waals surface area contributed by atoms with Crippen LogP contribution in [-0.4, -0.2) is 22.1 Å². The van der Waals surface area contributed by atoms with Gasteiger partial charge in [0.25, 0.3) is 0 Å². The number of fused-ring (bicyclic) bond motifs is 1. The molecular weight excluding hydrogens is 362 g/mol. The van der Waals surface area contributed by atoms with E-state index in [0.29, 0.717) is 19.6 Å². The molecule has 152 valence electrons. The van der Waals surface area contributed by atoms with Crippen LogP contribution in [-0.2, 0) is 24.3 Å². The maximum Gasteiger partial charge on any atom is 0.220 e. The lowest BCUT2D eigenvalue weighted by molar-refractivity contribution is -0.121. The lowest BCUT2D eigenvalue weighted by Gasteiger charge is -2.12. The highest BCUT2D eigenvalue weighted by atomic mass is 16.5. The van der Waals surface area contributed by atoms with Gasteiger partial charge in [-0.2, -0.15) is 0 Å². The maximum atomic E-state index is 11.9. The van der Waals surface area contributed by atoms with Crippen molar-refractivity contribution in [2.45, 2.75) is 45.7 Å². The number of amides is 1. The summed E-state index contributed by atoms with van der Waals surface area (Å²) in [5.41, 5.74) is 3.18. The number of aryl methyl sites for hydroxylation is 1. The van der Waals surface area contributed by atoms with E-state index in [1.807, 2.05) is 49.4 Å². The summed E-state index contributed by atoms with van der Waals surface area (Å²) in [7, 11) is 0. The van der Waals surface area contributed by atoms with Gasteiger partial charge in [0.15, 0.2) is 0 Å². The Balaban J connectivity index is 1.65. The van der Waals surface area contributed by atoms with Crippen LogP contribution in [0.25, 0.3) is 11.0 Å². The number of para-hydroxylation sites is 3. The summed E-state index contributed by atoms with van der Waals surface area (Å²) in [5.74, 6) is 1.85. The Morgan fingerprint density at radius 1 is 1.21 bits per heavy atom. The molecule has 0 spiro atoms. The number of allylic oxidation sites excluding steroid dienone is 1. The van der Waals surface area contributed by atoms with E-state index in [-0.39, 0.29) is 5.91 Å². The molecule has 0 saturated heterocycles. The zero-order valence-electron chi connectivity index (χ0n) is 17.1. The molecule has 5 heteroatoms. The first-order chi connectivity index (χ1) is 14.2. The second kappa shape index (κ2) is 10.5. The molecule has 5 nitrogen and oxygen atoms in total. The zero-order valence-corrected chi connectivity index (χ0v) is 17.1. The number of rotatable bonds is 11. The van der Waals surface area contributed by atoms with Crippen LogP contribution >= 0.6 is 0 Å². The van der Waals surface area contributed by atoms with Gasteiger partial charge in [-0.1, -0.05) is 43.3 Å². The molecule has 1 amide bonds. The van der Waals surface area contributed by atoms with E-state index in [2.05, 4.69) is 28.6 Å². The topological polar surface area (TPSA) is 56.1 Å². The Bertz CT molecular complexity index is 962. The van der Waals surface area contributed by atoms with Crippen molar-refractivity contribution < 1.29 is 9.53 Å². The summed E-state index contributed by atoms with van der Waals surface area (Å²) >= 11 is 0. The van der Waals surface area contributed by atoms with Crippen molar-refractivity contribution in [3.05, 3.63) is 72.6 Å². The second-order valence-corrected chi connectivity index (χ2v) is 7.00. The standard InChI is InChI=1S/C24H29N3O2/c1-3-10-19-12-5-8-15-22(19)29-17-9-16-27-21-14-7-6-13-20(21)26-23(27)18-25-24(28)11-4-2/h3,5-8,12-15H,1,4,9-11,16-18H2,2H3,(H,25,28). The van der Waals surface area contributed by atoms with Gasteiger partial charge in [0, 0.05) is 13.0 Å². The number of ether oxygens (including phenoxy) is 1. The summed E-state index contributed by atoms with van der Waals surface area (Å²) in [4.78, 5) is 16.6. The molecule has 0 aliphatic heterocycles. The Hall–Kier alpha value is -3.08. The lowest BCUT2D eigenvalue weighted by atomic mass is 10.1. The Kier molecular flexibility index (Phi) is 7.45. The zero-order chi connectivity index (χ0) is 20.5. The van der Waals surface area contributed by atoms with E-state index in [9.17, 15) is 4.79 Å². The van der Waals surface area contributed by atoms with Crippen molar-refractivity contribution in [1.29, 1.82) is 0 Å². The predicted molar refractivity (Wildman–Crippen MR) is 117 cm³/mol. The first-order valence-electron chi connectivity index (χ1n) is 10.3. The minimum Gasteiger partial charge on any atom is -0.493 e. The van der Waals surface area contributed by atoms with Crippen molar-refractivity contribution in [3.63, 3.8) is 0 Å². The smallest absolute Gasteiger partial charge is 0.220 e. The van der Waals surface area contributed by atoms with E-state index in [1.165, 1.54) is 0 Å². The fourth-order valence-corrected chi connectivity index (χ4v) is 3.38. The van der Waals surface area contributed by atoms with E-state index in [0.717, 1.165) is 54.0 Å². The molecule has 0 aliphatic carbocycles. The largest absolute Gasteiger partial charge is 0.493 e. The summed E-state index contributed by atoms with van der Waals surface area (Å²) in [6.07, 6.45) is 4.91. The molecular formula is C24H29N3O2. The number of benzene rings is 2. The van der Waals surface area contributed by atoms with Gasteiger partial charge in [0.05, 0.1) is 24.2 Å². The molecule has 0 atom stereocenters. The van der Waals surface area contributed by atoms with Gasteiger partial charge in [-0.25, -0.2) is 4.98 Å². The number of carbonyl (C=O) groups excluding carboxylic acids is 1. The molecule has 2 aromatic carbocycles. The van der Waals surface area contributed by atoms with Crippen LogP contribution < -0.4 is 10.1 Å². The number of aromatic nitrogens is 2. The number of nitrogens with zero attached hydrogens (tertiary/aromatic N) is 2. The molecule has 3 rings (SSSR count). The number of hydrogen-bond acceptors (Lipinski definition) is 3. The van der Waals surface area contributed by atoms with Gasteiger partial charge in [0.2, 0.25) is 5.91 Å². The third-order valence-corrected chi connectivity index (χ3v) is 4.77.